The van der Waals surface area contributed by atoms with E-state index in [1.54, 1.807) is 0 Å². The maximum Gasteiger partial charge on any atom is 0.104 e. The summed E-state index contributed by atoms with van der Waals surface area (Å²) in [6.07, 6.45) is 1.78. The minimum absolute atomic E-state index is 0.227. The van der Waals surface area contributed by atoms with Gasteiger partial charge in [-0.25, -0.2) is 0 Å². The predicted molar refractivity (Wildman–Crippen MR) is 62.9 cm³/mol. The van der Waals surface area contributed by atoms with Gasteiger partial charge in [0.25, 0.3) is 0 Å². The zero-order valence-corrected chi connectivity index (χ0v) is 10.5. The standard InChI is InChI=1S/C12H25NO/c1-7-8-12(14,9(2)3)11(6)13-10(4)5/h9-10,14H,7-8H2,1-6H3. The van der Waals surface area contributed by atoms with Crippen molar-refractivity contribution < 1.29 is 5.11 Å². The Morgan fingerprint density at radius 2 is 1.79 bits per heavy atom. The van der Waals surface area contributed by atoms with Crippen LogP contribution in [0.3, 0.4) is 0 Å². The molecule has 0 aromatic heterocycles. The topological polar surface area (TPSA) is 32.6 Å². The van der Waals surface area contributed by atoms with E-state index in [-0.39, 0.29) is 12.0 Å². The van der Waals surface area contributed by atoms with Gasteiger partial charge in [0, 0.05) is 11.8 Å². The first-order valence-electron chi connectivity index (χ1n) is 5.61. The summed E-state index contributed by atoms with van der Waals surface area (Å²) < 4.78 is 0. The molecular formula is C12H25NO. The predicted octanol–water partition coefficient (Wildman–Crippen LogP) is 3.04. The highest BCUT2D eigenvalue weighted by Gasteiger charge is 2.33. The van der Waals surface area contributed by atoms with Crippen LogP contribution in [-0.4, -0.2) is 22.5 Å². The lowest BCUT2D eigenvalue weighted by Gasteiger charge is -2.32. The van der Waals surface area contributed by atoms with E-state index in [0.29, 0.717) is 0 Å². The molecule has 1 atom stereocenters. The average molecular weight is 199 g/mol. The van der Waals surface area contributed by atoms with Gasteiger partial charge >= 0.3 is 0 Å². The fraction of sp³-hybridized carbons (Fsp3) is 0.917. The molecule has 1 N–H and O–H groups in total. The highest BCUT2D eigenvalue weighted by molar-refractivity contribution is 5.90. The Kier molecular flexibility index (Phi) is 5.35. The van der Waals surface area contributed by atoms with Crippen LogP contribution in [0.2, 0.25) is 0 Å². The van der Waals surface area contributed by atoms with E-state index in [2.05, 4.69) is 25.8 Å². The molecule has 0 aliphatic rings. The minimum Gasteiger partial charge on any atom is -0.384 e. The SMILES string of the molecule is CCCC(O)(C(C)=NC(C)C)C(C)C. The fourth-order valence-corrected chi connectivity index (χ4v) is 1.77. The monoisotopic (exact) mass is 199 g/mol. The molecule has 14 heavy (non-hydrogen) atoms. The third kappa shape index (κ3) is 3.41. The van der Waals surface area contributed by atoms with E-state index in [1.807, 2.05) is 20.8 Å². The van der Waals surface area contributed by atoms with E-state index < -0.39 is 5.60 Å². The van der Waals surface area contributed by atoms with Gasteiger partial charge in [-0.3, -0.25) is 4.99 Å². The van der Waals surface area contributed by atoms with Gasteiger partial charge in [0.05, 0.1) is 0 Å². The molecule has 0 aliphatic carbocycles. The van der Waals surface area contributed by atoms with Crippen molar-refractivity contribution in [2.24, 2.45) is 10.9 Å². The molecule has 0 spiro atoms. The van der Waals surface area contributed by atoms with Crippen LogP contribution in [0.5, 0.6) is 0 Å². The molecule has 1 unspecified atom stereocenters. The zero-order chi connectivity index (χ0) is 11.4. The fourth-order valence-electron chi connectivity index (χ4n) is 1.77. The summed E-state index contributed by atoms with van der Waals surface area (Å²) in [6.45, 7) is 12.2. The highest BCUT2D eigenvalue weighted by atomic mass is 16.3. The van der Waals surface area contributed by atoms with E-state index in [0.717, 1.165) is 18.6 Å². The molecular weight excluding hydrogens is 174 g/mol. The molecule has 0 aromatic rings. The number of rotatable bonds is 5. The Morgan fingerprint density at radius 3 is 2.07 bits per heavy atom. The van der Waals surface area contributed by atoms with E-state index >= 15 is 0 Å². The summed E-state index contributed by atoms with van der Waals surface area (Å²) in [4.78, 5) is 4.46. The first-order valence-corrected chi connectivity index (χ1v) is 5.61. The van der Waals surface area contributed by atoms with Crippen molar-refractivity contribution >= 4 is 5.71 Å². The van der Waals surface area contributed by atoms with Crippen LogP contribution in [0.25, 0.3) is 0 Å². The van der Waals surface area contributed by atoms with E-state index in [9.17, 15) is 5.11 Å². The molecule has 0 fully saturated rings. The van der Waals surface area contributed by atoms with Crippen LogP contribution in [-0.2, 0) is 0 Å². The second-order valence-corrected chi connectivity index (χ2v) is 4.64. The maximum absolute atomic E-state index is 10.5. The van der Waals surface area contributed by atoms with Crippen molar-refractivity contribution in [3.8, 4) is 0 Å². The Morgan fingerprint density at radius 1 is 1.29 bits per heavy atom. The maximum atomic E-state index is 10.5. The van der Waals surface area contributed by atoms with E-state index in [1.165, 1.54) is 0 Å². The number of aliphatic imine (C=N–C) groups is 1. The second kappa shape index (κ2) is 5.50. The summed E-state index contributed by atoms with van der Waals surface area (Å²) in [5.41, 5.74) is 0.170. The molecule has 0 amide bonds. The molecule has 0 radical (unpaired) electrons. The molecule has 0 aliphatic heterocycles. The minimum atomic E-state index is -0.709. The molecule has 0 aromatic carbocycles. The summed E-state index contributed by atoms with van der Waals surface area (Å²) in [6, 6.07) is 0.261. The van der Waals surface area contributed by atoms with Gasteiger partial charge in [-0.15, -0.1) is 0 Å². The summed E-state index contributed by atoms with van der Waals surface area (Å²) >= 11 is 0. The van der Waals surface area contributed by atoms with Crippen LogP contribution < -0.4 is 0 Å². The van der Waals surface area contributed by atoms with Crippen molar-refractivity contribution in [2.45, 2.75) is 66.0 Å². The summed E-state index contributed by atoms with van der Waals surface area (Å²) in [5, 5.41) is 10.5. The Hall–Kier alpha value is -0.370. The Labute approximate surface area is 88.4 Å². The molecule has 0 saturated heterocycles. The third-order valence-corrected chi connectivity index (χ3v) is 2.66. The molecule has 2 heteroatoms. The van der Waals surface area contributed by atoms with Crippen LogP contribution in [0.15, 0.2) is 4.99 Å². The van der Waals surface area contributed by atoms with Gasteiger partial charge in [0.2, 0.25) is 0 Å². The van der Waals surface area contributed by atoms with Crippen molar-refractivity contribution in [1.82, 2.24) is 0 Å². The second-order valence-electron chi connectivity index (χ2n) is 4.64. The summed E-state index contributed by atoms with van der Waals surface area (Å²) in [7, 11) is 0. The lowest BCUT2D eigenvalue weighted by Crippen LogP contribution is -2.42. The van der Waals surface area contributed by atoms with Crippen LogP contribution in [0.1, 0.15) is 54.4 Å². The van der Waals surface area contributed by atoms with Crippen LogP contribution in [0, 0.1) is 5.92 Å². The lowest BCUT2D eigenvalue weighted by molar-refractivity contribution is 0.0531. The molecule has 84 valence electrons. The smallest absolute Gasteiger partial charge is 0.104 e. The van der Waals surface area contributed by atoms with Crippen LogP contribution in [0.4, 0.5) is 0 Å². The van der Waals surface area contributed by atoms with E-state index in [4.69, 9.17) is 0 Å². The Bertz CT molecular complexity index is 196. The van der Waals surface area contributed by atoms with Crippen molar-refractivity contribution in [2.75, 3.05) is 0 Å². The van der Waals surface area contributed by atoms with Crippen LogP contribution >= 0.6 is 0 Å². The first kappa shape index (κ1) is 13.6. The van der Waals surface area contributed by atoms with Crippen molar-refractivity contribution in [3.63, 3.8) is 0 Å². The van der Waals surface area contributed by atoms with Gasteiger partial charge in [-0.05, 0) is 33.1 Å². The number of nitrogens with zero attached hydrogens (tertiary/aromatic N) is 1. The summed E-state index contributed by atoms with van der Waals surface area (Å²) in [5.74, 6) is 0.227. The lowest BCUT2D eigenvalue weighted by atomic mass is 9.82. The molecule has 0 saturated carbocycles. The van der Waals surface area contributed by atoms with Gasteiger partial charge in [0.1, 0.15) is 5.60 Å². The van der Waals surface area contributed by atoms with Gasteiger partial charge in [-0.1, -0.05) is 27.2 Å². The van der Waals surface area contributed by atoms with Gasteiger partial charge < -0.3 is 5.11 Å². The van der Waals surface area contributed by atoms with Crippen molar-refractivity contribution in [3.05, 3.63) is 0 Å². The zero-order valence-electron chi connectivity index (χ0n) is 10.5. The largest absolute Gasteiger partial charge is 0.384 e. The number of aliphatic hydroxyl groups is 1. The molecule has 0 rings (SSSR count). The van der Waals surface area contributed by atoms with Gasteiger partial charge in [-0.2, -0.15) is 0 Å². The average Bonchev–Trinajstić information content (AvgIpc) is 2.02. The molecule has 0 bridgehead atoms. The highest BCUT2D eigenvalue weighted by Crippen LogP contribution is 2.25. The first-order chi connectivity index (χ1) is 6.34. The number of hydrogen-bond acceptors (Lipinski definition) is 2. The molecule has 0 heterocycles. The normalized spacial score (nSPS) is 17.6. The number of hydrogen-bond donors (Lipinski definition) is 1. The van der Waals surface area contributed by atoms with Gasteiger partial charge in [0.15, 0.2) is 0 Å². The molecule has 2 nitrogen and oxygen atoms in total. The quantitative estimate of drug-likeness (QED) is 0.678. The third-order valence-electron chi connectivity index (χ3n) is 2.66. The Balaban J connectivity index is 4.81. The van der Waals surface area contributed by atoms with Crippen molar-refractivity contribution in [1.29, 1.82) is 0 Å².